The molecule has 0 saturated carbocycles. The standard InChI is InChI=1S/C24H19BrN2O6S/c1-2-32-22-14-16(12-17(15-26)24(29)27-18-8-10-19(28)11-9-18)13-21(25)23(22)33-34(30,31)20-6-4-3-5-7-20/h3-14,28H,2H2,1H3,(H,27,29)/b17-12+. The van der Waals surface area contributed by atoms with E-state index in [0.717, 1.165) is 0 Å². The van der Waals surface area contributed by atoms with Crippen LogP contribution in [-0.2, 0) is 14.9 Å². The van der Waals surface area contributed by atoms with Gasteiger partial charge in [-0.3, -0.25) is 4.79 Å². The van der Waals surface area contributed by atoms with Crippen molar-refractivity contribution in [3.8, 4) is 23.3 Å². The average molecular weight is 543 g/mol. The molecule has 1 amide bonds. The molecule has 0 aliphatic rings. The van der Waals surface area contributed by atoms with E-state index in [1.165, 1.54) is 54.6 Å². The minimum Gasteiger partial charge on any atom is -0.508 e. The van der Waals surface area contributed by atoms with E-state index in [2.05, 4.69) is 21.2 Å². The van der Waals surface area contributed by atoms with Crippen LogP contribution >= 0.6 is 15.9 Å². The van der Waals surface area contributed by atoms with Gasteiger partial charge in [0, 0.05) is 5.69 Å². The molecule has 0 saturated heterocycles. The molecule has 3 aromatic rings. The summed E-state index contributed by atoms with van der Waals surface area (Å²) in [5.41, 5.74) is 0.597. The fraction of sp³-hybridized carbons (Fsp3) is 0.0833. The van der Waals surface area contributed by atoms with Crippen LogP contribution in [-0.4, -0.2) is 26.0 Å². The lowest BCUT2D eigenvalue weighted by molar-refractivity contribution is -0.112. The second-order valence-corrected chi connectivity index (χ2v) is 9.18. The van der Waals surface area contributed by atoms with E-state index in [0.29, 0.717) is 11.3 Å². The molecule has 0 aromatic heterocycles. The molecule has 10 heteroatoms. The largest absolute Gasteiger partial charge is 0.508 e. The first-order valence-corrected chi connectivity index (χ1v) is 12.1. The summed E-state index contributed by atoms with van der Waals surface area (Å²) in [5.74, 6) is -0.568. The van der Waals surface area contributed by atoms with Crippen molar-refractivity contribution in [3.05, 3.63) is 82.3 Å². The molecule has 8 nitrogen and oxygen atoms in total. The van der Waals surface area contributed by atoms with Crippen LogP contribution in [0.15, 0.2) is 81.7 Å². The Bertz CT molecular complexity index is 1370. The first kappa shape index (κ1) is 24.8. The molecule has 0 heterocycles. The summed E-state index contributed by atoms with van der Waals surface area (Å²) in [7, 11) is -4.13. The highest BCUT2D eigenvalue weighted by molar-refractivity contribution is 9.10. The van der Waals surface area contributed by atoms with Crippen molar-refractivity contribution in [1.29, 1.82) is 5.26 Å². The van der Waals surface area contributed by atoms with Crippen molar-refractivity contribution in [2.24, 2.45) is 0 Å². The summed E-state index contributed by atoms with van der Waals surface area (Å²) in [4.78, 5) is 12.5. The molecule has 0 fully saturated rings. The number of nitriles is 1. The third-order valence-electron chi connectivity index (χ3n) is 4.36. The Labute approximate surface area is 205 Å². The van der Waals surface area contributed by atoms with Gasteiger partial charge in [-0.1, -0.05) is 18.2 Å². The number of benzene rings is 3. The number of carbonyl (C=O) groups is 1. The van der Waals surface area contributed by atoms with Gasteiger partial charge >= 0.3 is 10.1 Å². The van der Waals surface area contributed by atoms with Crippen LogP contribution in [0.4, 0.5) is 5.69 Å². The molecule has 0 spiro atoms. The van der Waals surface area contributed by atoms with E-state index >= 15 is 0 Å². The molecule has 0 atom stereocenters. The van der Waals surface area contributed by atoms with Crippen LogP contribution in [0.1, 0.15) is 12.5 Å². The minimum atomic E-state index is -4.13. The third-order valence-corrected chi connectivity index (χ3v) is 6.18. The SMILES string of the molecule is CCOc1cc(/C=C(\C#N)C(=O)Nc2ccc(O)cc2)cc(Br)c1OS(=O)(=O)c1ccccc1. The first-order chi connectivity index (χ1) is 16.2. The maximum Gasteiger partial charge on any atom is 0.339 e. The van der Waals surface area contributed by atoms with Gasteiger partial charge < -0.3 is 19.3 Å². The molecule has 0 bridgehead atoms. The molecule has 174 valence electrons. The summed E-state index contributed by atoms with van der Waals surface area (Å²) in [6.45, 7) is 1.94. The number of ether oxygens (including phenoxy) is 1. The van der Waals surface area contributed by atoms with Gasteiger partial charge in [0.05, 0.1) is 11.1 Å². The van der Waals surface area contributed by atoms with Gasteiger partial charge in [-0.25, -0.2) is 0 Å². The van der Waals surface area contributed by atoms with Crippen molar-refractivity contribution in [1.82, 2.24) is 0 Å². The summed E-state index contributed by atoms with van der Waals surface area (Å²) in [5, 5.41) is 21.4. The predicted molar refractivity (Wildman–Crippen MR) is 130 cm³/mol. The number of halogens is 1. The third kappa shape index (κ3) is 6.15. The molecule has 3 aromatic carbocycles. The van der Waals surface area contributed by atoms with Crippen LogP contribution in [0.2, 0.25) is 0 Å². The van der Waals surface area contributed by atoms with Gasteiger partial charge in [0.25, 0.3) is 5.91 Å². The summed E-state index contributed by atoms with van der Waals surface area (Å²) < 4.78 is 36.5. The second-order valence-electron chi connectivity index (χ2n) is 6.78. The Kier molecular flexibility index (Phi) is 7.94. The highest BCUT2D eigenvalue weighted by atomic mass is 79.9. The molecule has 2 N–H and O–H groups in total. The molecule has 34 heavy (non-hydrogen) atoms. The van der Waals surface area contributed by atoms with E-state index in [-0.39, 0.29) is 38.8 Å². The summed E-state index contributed by atoms with van der Waals surface area (Å²) in [6, 6.07) is 18.3. The highest BCUT2D eigenvalue weighted by Crippen LogP contribution is 2.39. The number of rotatable bonds is 8. The van der Waals surface area contributed by atoms with Gasteiger partial charge in [-0.2, -0.15) is 13.7 Å². The fourth-order valence-electron chi connectivity index (χ4n) is 2.82. The Morgan fingerprint density at radius 3 is 2.44 bits per heavy atom. The Morgan fingerprint density at radius 1 is 1.15 bits per heavy atom. The lowest BCUT2D eigenvalue weighted by Gasteiger charge is -2.14. The van der Waals surface area contributed by atoms with Gasteiger partial charge in [0.1, 0.15) is 22.3 Å². The van der Waals surface area contributed by atoms with Crippen molar-refractivity contribution < 1.29 is 27.2 Å². The van der Waals surface area contributed by atoms with Gasteiger partial charge in [0.15, 0.2) is 11.5 Å². The maximum atomic E-state index is 12.7. The lowest BCUT2D eigenvalue weighted by Crippen LogP contribution is -2.13. The van der Waals surface area contributed by atoms with Gasteiger partial charge in [0.2, 0.25) is 0 Å². The van der Waals surface area contributed by atoms with Crippen LogP contribution in [0.3, 0.4) is 0 Å². The van der Waals surface area contributed by atoms with Crippen molar-refractivity contribution in [2.45, 2.75) is 11.8 Å². The van der Waals surface area contributed by atoms with Gasteiger partial charge in [-0.05, 0) is 83.0 Å². The van der Waals surface area contributed by atoms with Crippen molar-refractivity contribution in [2.75, 3.05) is 11.9 Å². The molecule has 3 rings (SSSR count). The van der Waals surface area contributed by atoms with Crippen LogP contribution in [0.5, 0.6) is 17.2 Å². The average Bonchev–Trinajstić information content (AvgIpc) is 2.82. The predicted octanol–water partition coefficient (Wildman–Crippen LogP) is 4.87. The van der Waals surface area contributed by atoms with Crippen molar-refractivity contribution in [3.63, 3.8) is 0 Å². The number of phenols is 1. The van der Waals surface area contributed by atoms with E-state index in [4.69, 9.17) is 8.92 Å². The fourth-order valence-corrected chi connectivity index (χ4v) is 4.44. The lowest BCUT2D eigenvalue weighted by atomic mass is 10.1. The first-order valence-electron chi connectivity index (χ1n) is 9.91. The number of aromatic hydroxyl groups is 1. The number of carbonyl (C=O) groups excluding carboxylic acids is 1. The van der Waals surface area contributed by atoms with E-state index in [9.17, 15) is 23.6 Å². The minimum absolute atomic E-state index is 0.0222. The van der Waals surface area contributed by atoms with Crippen LogP contribution < -0.4 is 14.2 Å². The maximum absolute atomic E-state index is 12.7. The number of nitrogens with zero attached hydrogens (tertiary/aromatic N) is 1. The van der Waals surface area contributed by atoms with E-state index < -0.39 is 16.0 Å². The molecular formula is C24H19BrN2O6S. The smallest absolute Gasteiger partial charge is 0.339 e. The molecule has 0 aliphatic heterocycles. The second kappa shape index (κ2) is 10.9. The zero-order valence-corrected chi connectivity index (χ0v) is 20.3. The number of amides is 1. The highest BCUT2D eigenvalue weighted by Gasteiger charge is 2.22. The zero-order chi connectivity index (χ0) is 24.7. The van der Waals surface area contributed by atoms with Crippen LogP contribution in [0.25, 0.3) is 6.08 Å². The quantitative estimate of drug-likeness (QED) is 0.180. The molecule has 0 radical (unpaired) electrons. The zero-order valence-electron chi connectivity index (χ0n) is 17.9. The molecule has 0 aliphatic carbocycles. The van der Waals surface area contributed by atoms with E-state index in [1.807, 2.05) is 6.07 Å². The molecular weight excluding hydrogens is 524 g/mol. The summed E-state index contributed by atoms with van der Waals surface area (Å²) >= 11 is 3.30. The molecule has 0 unspecified atom stereocenters. The Morgan fingerprint density at radius 2 is 1.82 bits per heavy atom. The van der Waals surface area contributed by atoms with Crippen molar-refractivity contribution >= 4 is 43.7 Å². The van der Waals surface area contributed by atoms with Crippen LogP contribution in [0, 0.1) is 11.3 Å². The Hall–Kier alpha value is -3.81. The Balaban J connectivity index is 1.93. The normalized spacial score (nSPS) is 11.4. The number of nitrogens with one attached hydrogen (secondary N) is 1. The monoisotopic (exact) mass is 542 g/mol. The number of hydrogen-bond donors (Lipinski definition) is 2. The topological polar surface area (TPSA) is 126 Å². The number of anilines is 1. The summed E-state index contributed by atoms with van der Waals surface area (Å²) in [6.07, 6.45) is 1.33. The van der Waals surface area contributed by atoms with Gasteiger partial charge in [-0.15, -0.1) is 0 Å². The van der Waals surface area contributed by atoms with E-state index in [1.54, 1.807) is 25.1 Å². The number of hydrogen-bond acceptors (Lipinski definition) is 7. The number of phenolic OH excluding ortho intramolecular Hbond substituents is 1.